The fourth-order valence-corrected chi connectivity index (χ4v) is 3.33. The molecule has 0 unspecified atom stereocenters. The minimum absolute atomic E-state index is 0.0557. The molecule has 0 aliphatic heterocycles. The number of halogens is 2. The quantitative estimate of drug-likeness (QED) is 0.945. The van der Waals surface area contributed by atoms with E-state index in [2.05, 4.69) is 0 Å². The maximum atomic E-state index is 13.6. The first-order valence-electron chi connectivity index (χ1n) is 5.36. The number of rotatable bonds is 3. The van der Waals surface area contributed by atoms with Crippen LogP contribution in [-0.2, 0) is 9.84 Å². The molecule has 1 N–H and O–H groups in total. The number of carboxylic acid groups (broad SMARTS) is 1. The van der Waals surface area contributed by atoms with Crippen LogP contribution in [0.5, 0.6) is 0 Å². The summed E-state index contributed by atoms with van der Waals surface area (Å²) in [6.45, 7) is 0. The van der Waals surface area contributed by atoms with E-state index in [1.165, 1.54) is 12.1 Å². The van der Waals surface area contributed by atoms with Crippen molar-refractivity contribution in [3.63, 3.8) is 0 Å². The highest BCUT2D eigenvalue weighted by Gasteiger charge is 2.23. The average molecular weight is 315 g/mol. The van der Waals surface area contributed by atoms with Crippen molar-refractivity contribution in [1.82, 2.24) is 0 Å². The molecule has 0 aliphatic carbocycles. The van der Waals surface area contributed by atoms with Crippen LogP contribution in [0.15, 0.2) is 52.3 Å². The van der Waals surface area contributed by atoms with E-state index in [1.807, 2.05) is 0 Å². The first kappa shape index (κ1) is 14.5. The van der Waals surface area contributed by atoms with Gasteiger partial charge in [-0.05, 0) is 30.3 Å². The van der Waals surface area contributed by atoms with Gasteiger partial charge in [0.2, 0.25) is 9.84 Å². The standard InChI is InChI=1S/C13H8ClFO4S/c14-9-5-8(13(16)17)6-10(7-9)20(18,19)12-4-2-1-3-11(12)15/h1-7H,(H,16,17). The van der Waals surface area contributed by atoms with Gasteiger partial charge in [-0.3, -0.25) is 0 Å². The Morgan fingerprint density at radius 2 is 1.80 bits per heavy atom. The Labute approximate surface area is 119 Å². The van der Waals surface area contributed by atoms with Gasteiger partial charge in [-0.2, -0.15) is 0 Å². The zero-order valence-corrected chi connectivity index (χ0v) is 11.5. The van der Waals surface area contributed by atoms with Crippen molar-refractivity contribution in [1.29, 1.82) is 0 Å². The Balaban J connectivity index is 2.67. The molecule has 0 aliphatic rings. The largest absolute Gasteiger partial charge is 0.478 e. The molecule has 2 aromatic carbocycles. The lowest BCUT2D eigenvalue weighted by atomic mass is 10.2. The lowest BCUT2D eigenvalue weighted by Gasteiger charge is -2.07. The molecule has 0 saturated heterocycles. The predicted molar refractivity (Wildman–Crippen MR) is 70.3 cm³/mol. The van der Waals surface area contributed by atoms with Crippen molar-refractivity contribution >= 4 is 27.4 Å². The fourth-order valence-electron chi connectivity index (χ4n) is 1.63. The Morgan fingerprint density at radius 1 is 1.15 bits per heavy atom. The van der Waals surface area contributed by atoms with Crippen LogP contribution in [-0.4, -0.2) is 19.5 Å². The van der Waals surface area contributed by atoms with E-state index in [-0.39, 0.29) is 15.5 Å². The van der Waals surface area contributed by atoms with Gasteiger partial charge in [0.05, 0.1) is 10.5 Å². The molecule has 2 aromatic rings. The first-order valence-corrected chi connectivity index (χ1v) is 7.22. The van der Waals surface area contributed by atoms with Crippen LogP contribution in [0.25, 0.3) is 0 Å². The van der Waals surface area contributed by atoms with E-state index >= 15 is 0 Å². The molecule has 0 aromatic heterocycles. The summed E-state index contributed by atoms with van der Waals surface area (Å²) in [7, 11) is -4.17. The lowest BCUT2D eigenvalue weighted by molar-refractivity contribution is 0.0696. The van der Waals surface area contributed by atoms with Gasteiger partial charge in [-0.1, -0.05) is 23.7 Å². The Hall–Kier alpha value is -1.92. The van der Waals surface area contributed by atoms with Crippen molar-refractivity contribution in [2.75, 3.05) is 0 Å². The van der Waals surface area contributed by atoms with Gasteiger partial charge < -0.3 is 5.11 Å². The number of carboxylic acids is 1. The summed E-state index contributed by atoms with van der Waals surface area (Å²) in [5, 5.41) is 8.84. The monoisotopic (exact) mass is 314 g/mol. The van der Waals surface area contributed by atoms with E-state index < -0.39 is 26.5 Å². The molecule has 0 bridgehead atoms. The van der Waals surface area contributed by atoms with Gasteiger partial charge >= 0.3 is 5.97 Å². The molecular weight excluding hydrogens is 307 g/mol. The normalized spacial score (nSPS) is 11.3. The minimum Gasteiger partial charge on any atom is -0.478 e. The summed E-state index contributed by atoms with van der Waals surface area (Å²) >= 11 is 5.71. The highest BCUT2D eigenvalue weighted by molar-refractivity contribution is 7.91. The van der Waals surface area contributed by atoms with E-state index in [1.54, 1.807) is 0 Å². The van der Waals surface area contributed by atoms with Crippen molar-refractivity contribution in [3.8, 4) is 0 Å². The molecule has 0 spiro atoms. The van der Waals surface area contributed by atoms with E-state index in [0.717, 1.165) is 30.3 Å². The van der Waals surface area contributed by atoms with Crippen molar-refractivity contribution in [2.45, 2.75) is 9.79 Å². The summed E-state index contributed by atoms with van der Waals surface area (Å²) in [5.74, 6) is -2.23. The maximum Gasteiger partial charge on any atom is 0.335 e. The Bertz CT molecular complexity index is 787. The molecular formula is C13H8ClFO4S. The number of sulfone groups is 1. The van der Waals surface area contributed by atoms with Gasteiger partial charge in [0, 0.05) is 5.02 Å². The predicted octanol–water partition coefficient (Wildman–Crippen LogP) is 3.01. The molecule has 20 heavy (non-hydrogen) atoms. The fraction of sp³-hybridized carbons (Fsp3) is 0. The molecule has 0 amide bonds. The number of aromatic carboxylic acids is 1. The highest BCUT2D eigenvalue weighted by Crippen LogP contribution is 2.26. The second-order valence-corrected chi connectivity index (χ2v) is 6.27. The Kier molecular flexibility index (Phi) is 3.78. The second-order valence-electron chi connectivity index (χ2n) is 3.91. The maximum absolute atomic E-state index is 13.6. The van der Waals surface area contributed by atoms with Crippen LogP contribution in [0.1, 0.15) is 10.4 Å². The van der Waals surface area contributed by atoms with Crippen LogP contribution in [0.4, 0.5) is 4.39 Å². The van der Waals surface area contributed by atoms with Crippen LogP contribution in [0.2, 0.25) is 5.02 Å². The van der Waals surface area contributed by atoms with Gasteiger partial charge in [0.15, 0.2) is 0 Å². The third-order valence-electron chi connectivity index (χ3n) is 2.55. The average Bonchev–Trinajstić information content (AvgIpc) is 2.38. The Morgan fingerprint density at radius 3 is 2.40 bits per heavy atom. The van der Waals surface area contributed by atoms with Crippen LogP contribution >= 0.6 is 11.6 Å². The smallest absolute Gasteiger partial charge is 0.335 e. The molecule has 0 saturated carbocycles. The molecule has 4 nitrogen and oxygen atoms in total. The van der Waals surface area contributed by atoms with Crippen LogP contribution in [0, 0.1) is 5.82 Å². The van der Waals surface area contributed by atoms with Gasteiger partial charge in [-0.25, -0.2) is 17.6 Å². The summed E-state index contributed by atoms with van der Waals surface area (Å²) in [6, 6.07) is 7.98. The molecule has 0 radical (unpaired) electrons. The van der Waals surface area contributed by atoms with Gasteiger partial charge in [0.1, 0.15) is 10.7 Å². The second kappa shape index (κ2) is 5.22. The van der Waals surface area contributed by atoms with Crippen molar-refractivity contribution < 1.29 is 22.7 Å². The molecule has 7 heteroatoms. The third kappa shape index (κ3) is 2.66. The van der Waals surface area contributed by atoms with E-state index in [0.29, 0.717) is 0 Å². The molecule has 0 atom stereocenters. The number of carbonyl (C=O) groups is 1. The van der Waals surface area contributed by atoms with E-state index in [9.17, 15) is 17.6 Å². The number of benzene rings is 2. The zero-order chi connectivity index (χ0) is 14.9. The molecule has 0 fully saturated rings. The topological polar surface area (TPSA) is 71.4 Å². The third-order valence-corrected chi connectivity index (χ3v) is 4.54. The molecule has 2 rings (SSSR count). The lowest BCUT2D eigenvalue weighted by Crippen LogP contribution is -2.06. The summed E-state index contributed by atoms with van der Waals surface area (Å²) in [4.78, 5) is 10.0. The zero-order valence-electron chi connectivity index (χ0n) is 9.88. The van der Waals surface area contributed by atoms with Gasteiger partial charge in [-0.15, -0.1) is 0 Å². The van der Waals surface area contributed by atoms with E-state index in [4.69, 9.17) is 16.7 Å². The van der Waals surface area contributed by atoms with Crippen molar-refractivity contribution in [3.05, 3.63) is 58.9 Å². The van der Waals surface area contributed by atoms with Crippen LogP contribution in [0.3, 0.4) is 0 Å². The van der Waals surface area contributed by atoms with Crippen LogP contribution < -0.4 is 0 Å². The SMILES string of the molecule is O=C(O)c1cc(Cl)cc(S(=O)(=O)c2ccccc2F)c1. The summed E-state index contributed by atoms with van der Waals surface area (Å²) in [5.41, 5.74) is -0.285. The van der Waals surface area contributed by atoms with Gasteiger partial charge in [0.25, 0.3) is 0 Å². The van der Waals surface area contributed by atoms with Crippen molar-refractivity contribution in [2.24, 2.45) is 0 Å². The number of hydrogen-bond acceptors (Lipinski definition) is 3. The highest BCUT2D eigenvalue weighted by atomic mass is 35.5. The molecule has 104 valence electrons. The number of hydrogen-bond donors (Lipinski definition) is 1. The summed E-state index contributed by atoms with van der Waals surface area (Å²) in [6.07, 6.45) is 0. The molecule has 0 heterocycles. The minimum atomic E-state index is -4.17. The first-order chi connectivity index (χ1) is 9.32. The summed E-state index contributed by atoms with van der Waals surface area (Å²) < 4.78 is 38.2.